The number of carbonyl (C=O) groups excluding carboxylic acids is 1. The van der Waals surface area contributed by atoms with Crippen LogP contribution in [0.5, 0.6) is 0 Å². The minimum absolute atomic E-state index is 0.0177. The van der Waals surface area contributed by atoms with Crippen LogP contribution < -0.4 is 10.6 Å². The Labute approximate surface area is 141 Å². The fourth-order valence-electron chi connectivity index (χ4n) is 2.21. The lowest BCUT2D eigenvalue weighted by atomic mass is 9.87. The van der Waals surface area contributed by atoms with Gasteiger partial charge < -0.3 is 10.6 Å². The van der Waals surface area contributed by atoms with Gasteiger partial charge in [0.15, 0.2) is 0 Å². The first-order chi connectivity index (χ1) is 11.3. The molecule has 0 radical (unpaired) electrons. The van der Waals surface area contributed by atoms with E-state index in [-0.39, 0.29) is 23.4 Å². The molecule has 24 heavy (non-hydrogen) atoms. The monoisotopic (exact) mass is 332 g/mol. The second-order valence-corrected chi connectivity index (χ2v) is 6.68. The Morgan fingerprint density at radius 1 is 1.04 bits per heavy atom. The maximum absolute atomic E-state index is 13.5. The molecule has 0 bridgehead atoms. The van der Waals surface area contributed by atoms with Crippen LogP contribution in [0.2, 0.25) is 0 Å². The van der Waals surface area contributed by atoms with Crippen molar-refractivity contribution in [3.63, 3.8) is 0 Å². The maximum atomic E-state index is 13.5. The first-order valence-electron chi connectivity index (χ1n) is 7.85. The van der Waals surface area contributed by atoms with E-state index in [0.29, 0.717) is 6.54 Å². The fourth-order valence-corrected chi connectivity index (χ4v) is 2.21. The molecular formula is C19H22F2N2O. The molecule has 3 nitrogen and oxygen atoms in total. The third-order valence-electron chi connectivity index (χ3n) is 3.64. The van der Waals surface area contributed by atoms with Gasteiger partial charge in [-0.2, -0.15) is 0 Å². The van der Waals surface area contributed by atoms with Crippen LogP contribution in [-0.4, -0.2) is 12.5 Å². The summed E-state index contributed by atoms with van der Waals surface area (Å²) >= 11 is 0. The van der Waals surface area contributed by atoms with Crippen LogP contribution in [0.15, 0.2) is 42.5 Å². The number of hydrogen-bond donors (Lipinski definition) is 2. The van der Waals surface area contributed by atoms with E-state index in [1.807, 2.05) is 12.1 Å². The number of carbonyl (C=O) groups is 1. The highest BCUT2D eigenvalue weighted by atomic mass is 19.1. The number of hydrogen-bond acceptors (Lipinski definition) is 2. The third-order valence-corrected chi connectivity index (χ3v) is 3.64. The van der Waals surface area contributed by atoms with Gasteiger partial charge in [-0.15, -0.1) is 0 Å². The van der Waals surface area contributed by atoms with Gasteiger partial charge in [0.25, 0.3) is 0 Å². The zero-order chi connectivity index (χ0) is 17.7. The van der Waals surface area contributed by atoms with Gasteiger partial charge in [-0.05, 0) is 35.2 Å². The molecule has 0 spiro atoms. The molecule has 0 aromatic heterocycles. The quantitative estimate of drug-likeness (QED) is 0.833. The SMILES string of the molecule is CC(C)(C)c1ccc(NCCC(=O)Nc2ccc(F)cc2F)cc1. The minimum atomic E-state index is -0.783. The first-order valence-corrected chi connectivity index (χ1v) is 7.85. The van der Waals surface area contributed by atoms with Crippen LogP contribution >= 0.6 is 0 Å². The Balaban J connectivity index is 1.82. The molecule has 0 aliphatic carbocycles. The summed E-state index contributed by atoms with van der Waals surface area (Å²) in [6.07, 6.45) is 0.178. The molecule has 0 fully saturated rings. The largest absolute Gasteiger partial charge is 0.385 e. The second-order valence-electron chi connectivity index (χ2n) is 6.68. The Morgan fingerprint density at radius 3 is 2.29 bits per heavy atom. The lowest BCUT2D eigenvalue weighted by molar-refractivity contribution is -0.116. The van der Waals surface area contributed by atoms with E-state index in [0.717, 1.165) is 17.8 Å². The standard InChI is InChI=1S/C19H22F2N2O/c1-19(2,3)13-4-7-15(8-5-13)22-11-10-18(24)23-17-9-6-14(20)12-16(17)21/h4-9,12,22H,10-11H2,1-3H3,(H,23,24). The van der Waals surface area contributed by atoms with Crippen molar-refractivity contribution in [3.05, 3.63) is 59.7 Å². The minimum Gasteiger partial charge on any atom is -0.385 e. The van der Waals surface area contributed by atoms with Gasteiger partial charge in [-0.1, -0.05) is 32.9 Å². The number of amides is 1. The average Bonchev–Trinajstić information content (AvgIpc) is 2.50. The van der Waals surface area contributed by atoms with E-state index < -0.39 is 11.6 Å². The van der Waals surface area contributed by atoms with Crippen LogP contribution in [0.3, 0.4) is 0 Å². The Morgan fingerprint density at radius 2 is 1.71 bits per heavy atom. The van der Waals surface area contributed by atoms with Crippen molar-refractivity contribution in [2.75, 3.05) is 17.2 Å². The summed E-state index contributed by atoms with van der Waals surface area (Å²) in [5.74, 6) is -1.79. The molecule has 2 N–H and O–H groups in total. The normalized spacial score (nSPS) is 11.2. The second kappa shape index (κ2) is 7.43. The highest BCUT2D eigenvalue weighted by molar-refractivity contribution is 5.91. The molecule has 2 rings (SSSR count). The number of anilines is 2. The van der Waals surface area contributed by atoms with Gasteiger partial charge in [0, 0.05) is 24.7 Å². The lowest BCUT2D eigenvalue weighted by Crippen LogP contribution is -2.17. The van der Waals surface area contributed by atoms with Crippen molar-refractivity contribution in [2.24, 2.45) is 0 Å². The summed E-state index contributed by atoms with van der Waals surface area (Å²) in [6.45, 7) is 6.86. The topological polar surface area (TPSA) is 41.1 Å². The van der Waals surface area contributed by atoms with Crippen LogP contribution in [0.4, 0.5) is 20.2 Å². The van der Waals surface area contributed by atoms with Crippen LogP contribution in [0.25, 0.3) is 0 Å². The average molecular weight is 332 g/mol. The van der Waals surface area contributed by atoms with E-state index >= 15 is 0 Å². The highest BCUT2D eigenvalue weighted by Crippen LogP contribution is 2.23. The van der Waals surface area contributed by atoms with Crippen molar-refractivity contribution in [3.8, 4) is 0 Å². The first kappa shape index (κ1) is 17.9. The third kappa shape index (κ3) is 5.05. The van der Waals surface area contributed by atoms with Crippen molar-refractivity contribution in [1.29, 1.82) is 0 Å². The van der Waals surface area contributed by atoms with Crippen molar-refractivity contribution < 1.29 is 13.6 Å². The molecule has 0 aliphatic heterocycles. The van der Waals surface area contributed by atoms with E-state index in [1.165, 1.54) is 11.6 Å². The van der Waals surface area contributed by atoms with Crippen molar-refractivity contribution in [1.82, 2.24) is 0 Å². The lowest BCUT2D eigenvalue weighted by Gasteiger charge is -2.19. The zero-order valence-electron chi connectivity index (χ0n) is 14.1. The molecule has 128 valence electrons. The van der Waals surface area contributed by atoms with Gasteiger partial charge >= 0.3 is 0 Å². The Hall–Kier alpha value is -2.43. The maximum Gasteiger partial charge on any atom is 0.226 e. The molecule has 0 heterocycles. The zero-order valence-corrected chi connectivity index (χ0v) is 14.1. The smallest absolute Gasteiger partial charge is 0.226 e. The van der Waals surface area contributed by atoms with E-state index in [2.05, 4.69) is 43.5 Å². The summed E-state index contributed by atoms with van der Waals surface area (Å²) in [5, 5.41) is 5.58. The van der Waals surface area contributed by atoms with Gasteiger partial charge in [0.2, 0.25) is 5.91 Å². The van der Waals surface area contributed by atoms with Crippen LogP contribution in [-0.2, 0) is 10.2 Å². The van der Waals surface area contributed by atoms with Crippen LogP contribution in [0.1, 0.15) is 32.8 Å². The van der Waals surface area contributed by atoms with E-state index in [1.54, 1.807) is 0 Å². The number of rotatable bonds is 5. The molecule has 5 heteroatoms. The van der Waals surface area contributed by atoms with Crippen molar-refractivity contribution in [2.45, 2.75) is 32.6 Å². The number of halogens is 2. The number of benzene rings is 2. The molecule has 0 unspecified atom stereocenters. The molecule has 2 aromatic rings. The van der Waals surface area contributed by atoms with E-state index in [9.17, 15) is 13.6 Å². The molecular weight excluding hydrogens is 310 g/mol. The van der Waals surface area contributed by atoms with Gasteiger partial charge in [-0.25, -0.2) is 8.78 Å². The molecule has 2 aromatic carbocycles. The highest BCUT2D eigenvalue weighted by Gasteiger charge is 2.13. The van der Waals surface area contributed by atoms with Gasteiger partial charge in [-0.3, -0.25) is 4.79 Å². The molecule has 0 atom stereocenters. The summed E-state index contributed by atoms with van der Waals surface area (Å²) < 4.78 is 26.3. The van der Waals surface area contributed by atoms with Gasteiger partial charge in [0.1, 0.15) is 11.6 Å². The number of nitrogens with one attached hydrogen (secondary N) is 2. The molecule has 0 aliphatic rings. The Kier molecular flexibility index (Phi) is 5.54. The Bertz CT molecular complexity index is 706. The predicted octanol–water partition coefficient (Wildman–Crippen LogP) is 4.70. The molecule has 0 saturated heterocycles. The summed E-state index contributed by atoms with van der Waals surface area (Å²) in [4.78, 5) is 11.8. The van der Waals surface area contributed by atoms with Crippen LogP contribution in [0, 0.1) is 11.6 Å². The predicted molar refractivity (Wildman–Crippen MR) is 93.2 cm³/mol. The summed E-state index contributed by atoms with van der Waals surface area (Å²) in [7, 11) is 0. The van der Waals surface area contributed by atoms with Gasteiger partial charge in [0.05, 0.1) is 5.69 Å². The van der Waals surface area contributed by atoms with E-state index in [4.69, 9.17) is 0 Å². The summed E-state index contributed by atoms with van der Waals surface area (Å²) in [5.41, 5.74) is 2.23. The summed E-state index contributed by atoms with van der Waals surface area (Å²) in [6, 6.07) is 11.1. The van der Waals surface area contributed by atoms with Crippen molar-refractivity contribution >= 4 is 17.3 Å². The molecule has 0 saturated carbocycles. The molecule has 1 amide bonds. The fraction of sp³-hybridized carbons (Fsp3) is 0.316.